The molecule has 0 amide bonds. The van der Waals surface area contributed by atoms with Crippen LogP contribution < -0.4 is 18.9 Å². The SMILES string of the molecule is COc1ccc(S(=O)(=O)Nc2ccc3c(c2)OCCO3)cc1[N+](=O)[O-]. The molecular weight excluding hydrogens is 352 g/mol. The molecule has 0 radical (unpaired) electrons. The van der Waals surface area contributed by atoms with E-state index in [0.29, 0.717) is 24.7 Å². The van der Waals surface area contributed by atoms with Crippen molar-refractivity contribution < 1.29 is 27.6 Å². The smallest absolute Gasteiger partial charge is 0.312 e. The highest BCUT2D eigenvalue weighted by molar-refractivity contribution is 7.92. The Labute approximate surface area is 143 Å². The Bertz CT molecular complexity index is 927. The summed E-state index contributed by atoms with van der Waals surface area (Å²) in [6.07, 6.45) is 0. The summed E-state index contributed by atoms with van der Waals surface area (Å²) >= 11 is 0. The highest BCUT2D eigenvalue weighted by Gasteiger charge is 2.23. The van der Waals surface area contributed by atoms with Crippen LogP contribution in [0.5, 0.6) is 17.2 Å². The molecule has 1 heterocycles. The van der Waals surface area contributed by atoms with Crippen molar-refractivity contribution in [3.63, 3.8) is 0 Å². The number of anilines is 1. The van der Waals surface area contributed by atoms with E-state index < -0.39 is 20.6 Å². The summed E-state index contributed by atoms with van der Waals surface area (Å²) in [6, 6.07) is 8.00. The second-order valence-electron chi connectivity index (χ2n) is 5.05. The van der Waals surface area contributed by atoms with Crippen LogP contribution in [-0.4, -0.2) is 33.7 Å². The predicted molar refractivity (Wildman–Crippen MR) is 87.9 cm³/mol. The maximum Gasteiger partial charge on any atom is 0.312 e. The van der Waals surface area contributed by atoms with Gasteiger partial charge < -0.3 is 14.2 Å². The van der Waals surface area contributed by atoms with Gasteiger partial charge in [0, 0.05) is 12.1 Å². The quantitative estimate of drug-likeness (QED) is 0.636. The van der Waals surface area contributed by atoms with E-state index in [9.17, 15) is 18.5 Å². The predicted octanol–water partition coefficient (Wildman–Crippen LogP) is 2.18. The molecule has 0 saturated heterocycles. The number of hydrogen-bond acceptors (Lipinski definition) is 7. The van der Waals surface area contributed by atoms with Crippen molar-refractivity contribution in [1.82, 2.24) is 0 Å². The van der Waals surface area contributed by atoms with Crippen LogP contribution in [0.1, 0.15) is 0 Å². The van der Waals surface area contributed by atoms with Gasteiger partial charge in [0.05, 0.1) is 22.6 Å². The summed E-state index contributed by atoms with van der Waals surface area (Å²) in [5.74, 6) is 0.921. The minimum absolute atomic E-state index is 0.0247. The van der Waals surface area contributed by atoms with Gasteiger partial charge in [0.1, 0.15) is 13.2 Å². The van der Waals surface area contributed by atoms with E-state index in [4.69, 9.17) is 14.2 Å². The topological polar surface area (TPSA) is 117 Å². The number of nitro benzene ring substituents is 1. The lowest BCUT2D eigenvalue weighted by Gasteiger charge is -2.19. The van der Waals surface area contributed by atoms with E-state index >= 15 is 0 Å². The molecule has 10 heteroatoms. The molecule has 25 heavy (non-hydrogen) atoms. The van der Waals surface area contributed by atoms with Crippen LogP contribution in [-0.2, 0) is 10.0 Å². The molecule has 2 aromatic carbocycles. The summed E-state index contributed by atoms with van der Waals surface area (Å²) < 4.78 is 43.0. The summed E-state index contributed by atoms with van der Waals surface area (Å²) in [6.45, 7) is 0.793. The average Bonchev–Trinajstić information content (AvgIpc) is 2.60. The summed E-state index contributed by atoms with van der Waals surface area (Å²) in [5.41, 5.74) is -0.185. The number of sulfonamides is 1. The first-order valence-corrected chi connectivity index (χ1v) is 8.64. The number of hydrogen-bond donors (Lipinski definition) is 1. The lowest BCUT2D eigenvalue weighted by molar-refractivity contribution is -0.386. The number of rotatable bonds is 5. The van der Waals surface area contributed by atoms with Crippen LogP contribution in [0.2, 0.25) is 0 Å². The molecule has 0 spiro atoms. The Hall–Kier alpha value is -3.01. The Morgan fingerprint density at radius 1 is 1.12 bits per heavy atom. The number of nitrogens with one attached hydrogen (secondary N) is 1. The van der Waals surface area contributed by atoms with Gasteiger partial charge in [-0.05, 0) is 24.3 Å². The van der Waals surface area contributed by atoms with Crippen LogP contribution in [0.3, 0.4) is 0 Å². The fourth-order valence-electron chi connectivity index (χ4n) is 2.30. The zero-order valence-corrected chi connectivity index (χ0v) is 13.9. The van der Waals surface area contributed by atoms with E-state index in [0.717, 1.165) is 6.07 Å². The number of methoxy groups -OCH3 is 1. The number of ether oxygens (including phenoxy) is 3. The van der Waals surface area contributed by atoms with Crippen LogP contribution in [0, 0.1) is 10.1 Å². The van der Waals surface area contributed by atoms with E-state index in [1.165, 1.54) is 31.4 Å². The number of nitro groups is 1. The Morgan fingerprint density at radius 3 is 2.52 bits per heavy atom. The second kappa shape index (κ2) is 6.48. The van der Waals surface area contributed by atoms with E-state index in [2.05, 4.69) is 4.72 Å². The maximum absolute atomic E-state index is 12.5. The third-order valence-corrected chi connectivity index (χ3v) is 4.83. The fraction of sp³-hybridized carbons (Fsp3) is 0.200. The molecule has 0 aliphatic carbocycles. The molecule has 2 aromatic rings. The molecule has 3 rings (SSSR count). The monoisotopic (exact) mass is 366 g/mol. The van der Waals surface area contributed by atoms with Gasteiger partial charge in [0.15, 0.2) is 17.2 Å². The van der Waals surface area contributed by atoms with Gasteiger partial charge in [-0.2, -0.15) is 0 Å². The number of nitrogens with zero attached hydrogens (tertiary/aromatic N) is 1. The molecule has 0 saturated carbocycles. The lowest BCUT2D eigenvalue weighted by Crippen LogP contribution is -2.16. The first-order chi connectivity index (χ1) is 11.9. The number of benzene rings is 2. The molecule has 1 aliphatic heterocycles. The van der Waals surface area contributed by atoms with Crippen molar-refractivity contribution in [2.24, 2.45) is 0 Å². The molecule has 0 bridgehead atoms. The van der Waals surface area contributed by atoms with E-state index in [1.807, 2.05) is 0 Å². The van der Waals surface area contributed by atoms with Crippen LogP contribution in [0.25, 0.3) is 0 Å². The summed E-state index contributed by atoms with van der Waals surface area (Å²) in [7, 11) is -2.76. The van der Waals surface area contributed by atoms with Crippen LogP contribution in [0.15, 0.2) is 41.3 Å². The summed E-state index contributed by atoms with van der Waals surface area (Å²) in [4.78, 5) is 10.1. The maximum atomic E-state index is 12.5. The normalized spacial score (nSPS) is 13.2. The zero-order chi connectivity index (χ0) is 18.0. The van der Waals surface area contributed by atoms with Crippen molar-refractivity contribution in [1.29, 1.82) is 0 Å². The second-order valence-corrected chi connectivity index (χ2v) is 6.74. The first kappa shape index (κ1) is 16.8. The van der Waals surface area contributed by atoms with E-state index in [-0.39, 0.29) is 16.3 Å². The minimum atomic E-state index is -4.03. The molecule has 0 fully saturated rings. The molecule has 9 nitrogen and oxygen atoms in total. The van der Waals surface area contributed by atoms with Gasteiger partial charge in [-0.15, -0.1) is 0 Å². The number of fused-ring (bicyclic) bond motifs is 1. The minimum Gasteiger partial charge on any atom is -0.490 e. The summed E-state index contributed by atoms with van der Waals surface area (Å²) in [5, 5.41) is 11.1. The molecule has 0 aromatic heterocycles. The third-order valence-electron chi connectivity index (χ3n) is 3.45. The van der Waals surface area contributed by atoms with Crippen molar-refractivity contribution in [2.75, 3.05) is 25.0 Å². The van der Waals surface area contributed by atoms with Crippen molar-refractivity contribution in [3.8, 4) is 17.2 Å². The van der Waals surface area contributed by atoms with Gasteiger partial charge >= 0.3 is 5.69 Å². The Balaban J connectivity index is 1.92. The van der Waals surface area contributed by atoms with Gasteiger partial charge in [0.25, 0.3) is 10.0 Å². The lowest BCUT2D eigenvalue weighted by atomic mass is 10.3. The van der Waals surface area contributed by atoms with Crippen molar-refractivity contribution >= 4 is 21.4 Å². The zero-order valence-electron chi connectivity index (χ0n) is 13.1. The molecule has 0 unspecified atom stereocenters. The average molecular weight is 366 g/mol. The standard InChI is InChI=1S/C15H14N2O7S/c1-22-13-5-3-11(9-12(13)17(18)19)25(20,21)16-10-2-4-14-15(8-10)24-7-6-23-14/h2-5,8-9,16H,6-7H2,1H3. The van der Waals surface area contributed by atoms with Gasteiger partial charge in [-0.25, -0.2) is 8.42 Å². The third kappa shape index (κ3) is 3.43. The molecule has 0 atom stereocenters. The van der Waals surface area contributed by atoms with Gasteiger partial charge in [-0.1, -0.05) is 0 Å². The fourth-order valence-corrected chi connectivity index (χ4v) is 3.37. The van der Waals surface area contributed by atoms with Gasteiger partial charge in [0.2, 0.25) is 0 Å². The largest absolute Gasteiger partial charge is 0.490 e. The molecular formula is C15H14N2O7S. The van der Waals surface area contributed by atoms with Crippen LogP contribution in [0.4, 0.5) is 11.4 Å². The van der Waals surface area contributed by atoms with Crippen molar-refractivity contribution in [3.05, 3.63) is 46.5 Å². The van der Waals surface area contributed by atoms with Gasteiger partial charge in [-0.3, -0.25) is 14.8 Å². The Kier molecular flexibility index (Phi) is 4.36. The highest BCUT2D eigenvalue weighted by atomic mass is 32.2. The van der Waals surface area contributed by atoms with Crippen molar-refractivity contribution in [2.45, 2.75) is 4.90 Å². The van der Waals surface area contributed by atoms with E-state index in [1.54, 1.807) is 6.07 Å². The molecule has 132 valence electrons. The molecule has 1 aliphatic rings. The Morgan fingerprint density at radius 2 is 1.84 bits per heavy atom. The van der Waals surface area contributed by atoms with Crippen LogP contribution >= 0.6 is 0 Å². The highest BCUT2D eigenvalue weighted by Crippen LogP contribution is 2.34. The first-order valence-electron chi connectivity index (χ1n) is 7.15. The molecule has 1 N–H and O–H groups in total.